The number of benzene rings is 1. The van der Waals surface area contributed by atoms with Gasteiger partial charge in [-0.1, -0.05) is 30.3 Å². The summed E-state index contributed by atoms with van der Waals surface area (Å²) in [5.74, 6) is 2.56. The number of anilines is 1. The van der Waals surface area contributed by atoms with E-state index in [0.29, 0.717) is 6.42 Å². The lowest BCUT2D eigenvalue weighted by atomic mass is 9.81. The molecule has 5 heteroatoms. The van der Waals surface area contributed by atoms with Crippen molar-refractivity contribution in [3.05, 3.63) is 48.3 Å². The monoisotopic (exact) mass is 389 g/mol. The lowest BCUT2D eigenvalue weighted by molar-refractivity contribution is 0.0279. The normalized spacial score (nSPS) is 26.7. The van der Waals surface area contributed by atoms with E-state index < -0.39 is 0 Å². The Morgan fingerprint density at radius 3 is 2.59 bits per heavy atom. The molecule has 1 aliphatic carbocycles. The van der Waals surface area contributed by atoms with E-state index in [1.807, 2.05) is 17.9 Å². The van der Waals surface area contributed by atoms with E-state index in [2.05, 4.69) is 57.5 Å². The van der Waals surface area contributed by atoms with E-state index in [9.17, 15) is 5.26 Å². The lowest BCUT2D eigenvalue weighted by Crippen LogP contribution is -2.71. The zero-order valence-electron chi connectivity index (χ0n) is 17.4. The van der Waals surface area contributed by atoms with Crippen LogP contribution in [0.4, 0.5) is 5.69 Å². The van der Waals surface area contributed by atoms with Crippen LogP contribution in [0.2, 0.25) is 0 Å². The third-order valence-electron chi connectivity index (χ3n) is 7.51. The molecule has 1 aromatic carbocycles. The molecular formula is C24H31N5. The van der Waals surface area contributed by atoms with Gasteiger partial charge in [0.05, 0.1) is 29.9 Å². The van der Waals surface area contributed by atoms with E-state index in [4.69, 9.17) is 0 Å². The molecule has 1 saturated carbocycles. The van der Waals surface area contributed by atoms with E-state index in [1.165, 1.54) is 36.9 Å². The summed E-state index contributed by atoms with van der Waals surface area (Å²) in [7, 11) is 1.96. The molecule has 0 spiro atoms. The van der Waals surface area contributed by atoms with Crippen LogP contribution in [0, 0.1) is 23.2 Å². The molecule has 3 aliphatic rings. The van der Waals surface area contributed by atoms with Crippen molar-refractivity contribution in [3.63, 3.8) is 0 Å². The van der Waals surface area contributed by atoms with Gasteiger partial charge in [0.15, 0.2) is 0 Å². The number of rotatable bonds is 6. The Bertz CT molecular complexity index is 868. The van der Waals surface area contributed by atoms with Crippen molar-refractivity contribution < 1.29 is 0 Å². The van der Waals surface area contributed by atoms with E-state index >= 15 is 0 Å². The van der Waals surface area contributed by atoms with E-state index in [-0.39, 0.29) is 5.54 Å². The van der Waals surface area contributed by atoms with E-state index in [0.717, 1.165) is 43.9 Å². The van der Waals surface area contributed by atoms with Crippen LogP contribution < -0.4 is 4.90 Å². The van der Waals surface area contributed by atoms with E-state index in [1.54, 1.807) is 0 Å². The number of aromatic nitrogens is 2. The minimum Gasteiger partial charge on any atom is -0.365 e. The van der Waals surface area contributed by atoms with Crippen LogP contribution in [0.25, 0.3) is 0 Å². The minimum absolute atomic E-state index is 0.0434. The van der Waals surface area contributed by atoms with Crippen LogP contribution in [-0.2, 0) is 7.05 Å². The number of likely N-dealkylation sites (tertiary alicyclic amines) is 1. The topological polar surface area (TPSA) is 48.1 Å². The van der Waals surface area contributed by atoms with Crippen LogP contribution in [0.15, 0.2) is 42.7 Å². The number of hydrogen-bond acceptors (Lipinski definition) is 4. The molecule has 2 aromatic rings. The van der Waals surface area contributed by atoms with Gasteiger partial charge in [-0.15, -0.1) is 0 Å². The first-order valence-corrected chi connectivity index (χ1v) is 11.1. The molecule has 2 saturated heterocycles. The molecule has 0 radical (unpaired) electrons. The van der Waals surface area contributed by atoms with Gasteiger partial charge in [0.2, 0.25) is 0 Å². The molecule has 152 valence electrons. The molecule has 29 heavy (non-hydrogen) atoms. The van der Waals surface area contributed by atoms with Crippen LogP contribution in [0.3, 0.4) is 0 Å². The van der Waals surface area contributed by atoms with Gasteiger partial charge in [-0.3, -0.25) is 9.58 Å². The second kappa shape index (κ2) is 7.50. The maximum atomic E-state index is 9.46. The fourth-order valence-electron chi connectivity index (χ4n) is 5.68. The van der Waals surface area contributed by atoms with Crippen LogP contribution in [0.1, 0.15) is 43.6 Å². The van der Waals surface area contributed by atoms with Crippen LogP contribution in [-0.4, -0.2) is 46.4 Å². The minimum atomic E-state index is 0.0434. The van der Waals surface area contributed by atoms with Gasteiger partial charge in [-0.25, -0.2) is 0 Å². The Kier molecular flexibility index (Phi) is 4.83. The van der Waals surface area contributed by atoms with Gasteiger partial charge in [-0.05, 0) is 62.1 Å². The second-order valence-electron chi connectivity index (χ2n) is 9.47. The van der Waals surface area contributed by atoms with Crippen molar-refractivity contribution in [1.29, 1.82) is 5.26 Å². The first-order chi connectivity index (χ1) is 14.2. The molecule has 2 atom stereocenters. The fourth-order valence-corrected chi connectivity index (χ4v) is 5.68. The molecule has 3 heterocycles. The third kappa shape index (κ3) is 3.67. The number of aryl methyl sites for hydroxylation is 1. The maximum absolute atomic E-state index is 9.46. The zero-order valence-corrected chi connectivity index (χ0v) is 17.4. The van der Waals surface area contributed by atoms with Gasteiger partial charge in [0.25, 0.3) is 0 Å². The summed E-state index contributed by atoms with van der Waals surface area (Å²) in [4.78, 5) is 4.99. The number of nitrogens with zero attached hydrogens (tertiary/aromatic N) is 5. The quantitative estimate of drug-likeness (QED) is 0.754. The standard InChI is InChI=1S/C24H31N5/c1-27-16-22(15-26-27)28-17-24(18-28,9-10-25)29-11-7-19(8-12-29)13-21-14-23(21)20-5-3-2-4-6-20/h2-6,15-16,19,21,23H,7-9,11-14,17-18H2,1H3/t21-,23?/m1/s1. The van der Waals surface area contributed by atoms with Gasteiger partial charge in [0.1, 0.15) is 0 Å². The third-order valence-corrected chi connectivity index (χ3v) is 7.51. The highest BCUT2D eigenvalue weighted by molar-refractivity contribution is 5.48. The maximum Gasteiger partial charge on any atom is 0.0753 e. The predicted molar refractivity (Wildman–Crippen MR) is 115 cm³/mol. The molecule has 0 amide bonds. The molecule has 0 N–H and O–H groups in total. The van der Waals surface area contributed by atoms with Crippen LogP contribution in [0.5, 0.6) is 0 Å². The summed E-state index contributed by atoms with van der Waals surface area (Å²) in [5, 5.41) is 13.8. The molecule has 5 rings (SSSR count). The Balaban J connectivity index is 1.13. The molecular weight excluding hydrogens is 358 g/mol. The van der Waals surface area contributed by atoms with Crippen molar-refractivity contribution in [2.75, 3.05) is 31.1 Å². The second-order valence-corrected chi connectivity index (χ2v) is 9.47. The number of piperidine rings is 1. The SMILES string of the molecule is Cn1cc(N2CC(CC#N)(N3CCC(C[C@@H]4CC4c4ccccc4)CC3)C2)cn1. The van der Waals surface area contributed by atoms with Crippen molar-refractivity contribution in [3.8, 4) is 6.07 Å². The van der Waals surface area contributed by atoms with Crippen molar-refractivity contribution in [1.82, 2.24) is 14.7 Å². The van der Waals surface area contributed by atoms with Gasteiger partial charge in [-0.2, -0.15) is 10.4 Å². The zero-order chi connectivity index (χ0) is 19.8. The largest absolute Gasteiger partial charge is 0.365 e. The summed E-state index contributed by atoms with van der Waals surface area (Å²) in [5.41, 5.74) is 2.76. The Morgan fingerprint density at radius 2 is 1.93 bits per heavy atom. The first-order valence-electron chi connectivity index (χ1n) is 11.1. The molecule has 5 nitrogen and oxygen atoms in total. The van der Waals surface area contributed by atoms with Gasteiger partial charge >= 0.3 is 0 Å². The Hall–Kier alpha value is -2.32. The Labute approximate surface area is 173 Å². The highest BCUT2D eigenvalue weighted by Gasteiger charge is 2.49. The summed E-state index contributed by atoms with van der Waals surface area (Å²) in [6.45, 7) is 4.21. The lowest BCUT2D eigenvalue weighted by Gasteiger charge is -2.57. The van der Waals surface area contributed by atoms with Gasteiger partial charge < -0.3 is 4.90 Å². The summed E-state index contributed by atoms with van der Waals surface area (Å²) in [6.07, 6.45) is 9.98. The summed E-state index contributed by atoms with van der Waals surface area (Å²) >= 11 is 0. The molecule has 1 unspecified atom stereocenters. The molecule has 3 fully saturated rings. The van der Waals surface area contributed by atoms with Gasteiger partial charge in [0, 0.05) is 26.3 Å². The van der Waals surface area contributed by atoms with Crippen LogP contribution >= 0.6 is 0 Å². The molecule has 1 aromatic heterocycles. The van der Waals surface area contributed by atoms with Crippen molar-refractivity contribution >= 4 is 5.69 Å². The summed E-state index contributed by atoms with van der Waals surface area (Å²) < 4.78 is 1.85. The smallest absolute Gasteiger partial charge is 0.0753 e. The van der Waals surface area contributed by atoms with Crippen molar-refractivity contribution in [2.24, 2.45) is 18.9 Å². The number of hydrogen-bond donors (Lipinski definition) is 0. The average molecular weight is 390 g/mol. The highest BCUT2D eigenvalue weighted by atomic mass is 15.4. The average Bonchev–Trinajstić information content (AvgIpc) is 3.35. The molecule has 2 aliphatic heterocycles. The summed E-state index contributed by atoms with van der Waals surface area (Å²) in [6, 6.07) is 13.5. The fraction of sp³-hybridized carbons (Fsp3) is 0.583. The number of nitriles is 1. The molecule has 0 bridgehead atoms. The van der Waals surface area contributed by atoms with Crippen molar-refractivity contribution in [2.45, 2.75) is 43.6 Å². The predicted octanol–water partition coefficient (Wildman–Crippen LogP) is 3.80. The highest BCUT2D eigenvalue weighted by Crippen LogP contribution is 2.52. The first kappa shape index (κ1) is 18.7. The Morgan fingerprint density at radius 1 is 1.17 bits per heavy atom.